The fourth-order valence-corrected chi connectivity index (χ4v) is 3.53. The van der Waals surface area contributed by atoms with Gasteiger partial charge in [-0.05, 0) is 49.7 Å². The number of aliphatic carboxylic acids is 1. The second-order valence-corrected chi connectivity index (χ2v) is 6.77. The number of amides is 1. The lowest BCUT2D eigenvalue weighted by molar-refractivity contribution is -0.138. The quantitative estimate of drug-likeness (QED) is 0.863. The van der Waals surface area contributed by atoms with Crippen molar-refractivity contribution in [3.8, 4) is 0 Å². The summed E-state index contributed by atoms with van der Waals surface area (Å²) in [5.74, 6) is 0.741. The van der Waals surface area contributed by atoms with E-state index in [1.54, 1.807) is 0 Å². The molecule has 0 radical (unpaired) electrons. The number of hydrogen-bond donors (Lipinski definition) is 2. The summed E-state index contributed by atoms with van der Waals surface area (Å²) in [6.07, 6.45) is 5.27. The van der Waals surface area contributed by atoms with Crippen LogP contribution >= 0.6 is 0 Å². The topological polar surface area (TPSA) is 82.5 Å². The monoisotopic (exact) mass is 331 g/mol. The maximum absolute atomic E-state index is 12.5. The molecule has 1 aromatic rings. The summed E-state index contributed by atoms with van der Waals surface area (Å²) in [5, 5.41) is 12.1. The second-order valence-electron chi connectivity index (χ2n) is 6.77. The fraction of sp³-hybridized carbons (Fsp3) is 0.611. The Bertz CT molecular complexity index is 610. The molecule has 2 aliphatic rings. The molecule has 0 saturated carbocycles. The van der Waals surface area contributed by atoms with Crippen molar-refractivity contribution in [1.82, 2.24) is 9.88 Å². The molecule has 1 fully saturated rings. The summed E-state index contributed by atoms with van der Waals surface area (Å²) in [7, 11) is 0. The van der Waals surface area contributed by atoms with Gasteiger partial charge in [-0.25, -0.2) is 4.98 Å². The van der Waals surface area contributed by atoms with E-state index in [4.69, 9.17) is 5.11 Å². The Morgan fingerprint density at radius 3 is 2.83 bits per heavy atom. The largest absolute Gasteiger partial charge is 0.481 e. The van der Waals surface area contributed by atoms with E-state index in [0.29, 0.717) is 12.3 Å². The van der Waals surface area contributed by atoms with Crippen LogP contribution in [0.5, 0.6) is 0 Å². The Labute approximate surface area is 142 Å². The second kappa shape index (κ2) is 7.64. The molecule has 2 N–H and O–H groups in total. The number of carbonyl (C=O) groups excluding carboxylic acids is 1. The molecule has 1 saturated heterocycles. The number of nitrogens with zero attached hydrogens (tertiary/aromatic N) is 2. The lowest BCUT2D eigenvalue weighted by Crippen LogP contribution is -2.39. The summed E-state index contributed by atoms with van der Waals surface area (Å²) < 4.78 is 0. The van der Waals surface area contributed by atoms with Crippen LogP contribution in [0.1, 0.15) is 43.4 Å². The van der Waals surface area contributed by atoms with Gasteiger partial charge < -0.3 is 15.3 Å². The van der Waals surface area contributed by atoms with Gasteiger partial charge in [-0.15, -0.1) is 0 Å². The molecule has 0 bridgehead atoms. The van der Waals surface area contributed by atoms with Gasteiger partial charge in [-0.2, -0.15) is 0 Å². The van der Waals surface area contributed by atoms with Gasteiger partial charge in [0.25, 0.3) is 0 Å². The molecule has 0 spiro atoms. The summed E-state index contributed by atoms with van der Waals surface area (Å²) in [6.45, 7) is 2.40. The van der Waals surface area contributed by atoms with Crippen LogP contribution in [0, 0.1) is 5.92 Å². The molecule has 3 rings (SSSR count). The first-order valence-electron chi connectivity index (χ1n) is 8.84. The third kappa shape index (κ3) is 4.24. The third-order valence-electron chi connectivity index (χ3n) is 5.02. The maximum Gasteiger partial charge on any atom is 0.303 e. The molecule has 6 heteroatoms. The van der Waals surface area contributed by atoms with E-state index >= 15 is 0 Å². The molecular formula is C18H25N3O3. The third-order valence-corrected chi connectivity index (χ3v) is 5.02. The smallest absolute Gasteiger partial charge is 0.303 e. The molecule has 24 heavy (non-hydrogen) atoms. The molecule has 1 aromatic heterocycles. The Morgan fingerprint density at radius 1 is 1.29 bits per heavy atom. The summed E-state index contributed by atoms with van der Waals surface area (Å²) in [6, 6.07) is 4.04. The first-order valence-corrected chi connectivity index (χ1v) is 8.84. The standard InChI is InChI=1S/C18H25N3O3/c22-16(21-10-7-13(8-11-21)3-6-17(23)24)12-15-5-4-14-2-1-9-19-18(14)20-15/h4-5,13H,1-3,6-12H2,(H,19,20)(H,23,24). The normalized spacial score (nSPS) is 17.9. The van der Waals surface area contributed by atoms with E-state index in [2.05, 4.69) is 16.4 Å². The zero-order valence-electron chi connectivity index (χ0n) is 14.0. The number of fused-ring (bicyclic) bond motifs is 1. The highest BCUT2D eigenvalue weighted by Gasteiger charge is 2.23. The zero-order valence-corrected chi connectivity index (χ0v) is 14.0. The summed E-state index contributed by atoms with van der Waals surface area (Å²) in [5.41, 5.74) is 2.05. The molecule has 3 heterocycles. The van der Waals surface area contributed by atoms with Crippen molar-refractivity contribution in [2.75, 3.05) is 25.0 Å². The van der Waals surface area contributed by atoms with Crippen LogP contribution in [-0.2, 0) is 22.4 Å². The van der Waals surface area contributed by atoms with Gasteiger partial charge in [0.15, 0.2) is 0 Å². The van der Waals surface area contributed by atoms with E-state index in [-0.39, 0.29) is 12.3 Å². The predicted molar refractivity (Wildman–Crippen MR) is 90.9 cm³/mol. The SMILES string of the molecule is O=C(O)CCC1CCN(C(=O)Cc2ccc3c(n2)NCCC3)CC1. The number of carboxylic acids is 1. The summed E-state index contributed by atoms with van der Waals surface area (Å²) in [4.78, 5) is 29.6. The van der Waals surface area contributed by atoms with Crippen LogP contribution in [0.25, 0.3) is 0 Å². The number of anilines is 1. The average Bonchev–Trinajstić information content (AvgIpc) is 2.60. The molecule has 0 aliphatic carbocycles. The minimum absolute atomic E-state index is 0.120. The number of pyridine rings is 1. The molecule has 130 valence electrons. The van der Waals surface area contributed by atoms with Gasteiger partial charge in [0.2, 0.25) is 5.91 Å². The minimum atomic E-state index is -0.736. The fourth-order valence-electron chi connectivity index (χ4n) is 3.53. The van der Waals surface area contributed by atoms with Crippen LogP contribution in [0.3, 0.4) is 0 Å². The Balaban J connectivity index is 1.50. The predicted octanol–water partition coefficient (Wildman–Crippen LogP) is 2.09. The van der Waals surface area contributed by atoms with E-state index < -0.39 is 5.97 Å². The minimum Gasteiger partial charge on any atom is -0.481 e. The molecule has 0 atom stereocenters. The van der Waals surface area contributed by atoms with Gasteiger partial charge >= 0.3 is 5.97 Å². The van der Waals surface area contributed by atoms with E-state index in [1.807, 2.05) is 11.0 Å². The van der Waals surface area contributed by atoms with Crippen molar-refractivity contribution in [3.05, 3.63) is 23.4 Å². The highest BCUT2D eigenvalue weighted by Crippen LogP contribution is 2.23. The van der Waals surface area contributed by atoms with Crippen LogP contribution in [0.15, 0.2) is 12.1 Å². The first kappa shape index (κ1) is 16.7. The van der Waals surface area contributed by atoms with Crippen LogP contribution < -0.4 is 5.32 Å². The van der Waals surface area contributed by atoms with Crippen molar-refractivity contribution < 1.29 is 14.7 Å². The molecule has 2 aliphatic heterocycles. The summed E-state index contributed by atoms with van der Waals surface area (Å²) >= 11 is 0. The maximum atomic E-state index is 12.5. The van der Waals surface area contributed by atoms with E-state index in [9.17, 15) is 9.59 Å². The molecule has 1 amide bonds. The lowest BCUT2D eigenvalue weighted by atomic mass is 9.92. The first-order chi connectivity index (χ1) is 11.6. The van der Waals surface area contributed by atoms with Crippen molar-refractivity contribution in [3.63, 3.8) is 0 Å². The number of carbonyl (C=O) groups is 2. The van der Waals surface area contributed by atoms with Gasteiger partial charge in [0.1, 0.15) is 5.82 Å². The van der Waals surface area contributed by atoms with E-state index in [1.165, 1.54) is 5.56 Å². The van der Waals surface area contributed by atoms with Crippen molar-refractivity contribution in [2.24, 2.45) is 5.92 Å². The van der Waals surface area contributed by atoms with Gasteiger partial charge in [0, 0.05) is 26.1 Å². The van der Waals surface area contributed by atoms with Crippen LogP contribution in [-0.4, -0.2) is 46.5 Å². The van der Waals surface area contributed by atoms with E-state index in [0.717, 1.165) is 63.3 Å². The lowest BCUT2D eigenvalue weighted by Gasteiger charge is -2.32. The molecule has 0 unspecified atom stereocenters. The number of hydrogen-bond acceptors (Lipinski definition) is 4. The number of nitrogens with one attached hydrogen (secondary N) is 1. The van der Waals surface area contributed by atoms with Gasteiger partial charge in [-0.3, -0.25) is 9.59 Å². The number of likely N-dealkylation sites (tertiary alicyclic amines) is 1. The Kier molecular flexibility index (Phi) is 5.33. The van der Waals surface area contributed by atoms with Crippen LogP contribution in [0.2, 0.25) is 0 Å². The zero-order chi connectivity index (χ0) is 16.9. The number of aromatic nitrogens is 1. The number of carboxylic acid groups (broad SMARTS) is 1. The average molecular weight is 331 g/mol. The number of piperidine rings is 1. The molecule has 0 aromatic carbocycles. The van der Waals surface area contributed by atoms with Gasteiger partial charge in [-0.1, -0.05) is 6.07 Å². The highest BCUT2D eigenvalue weighted by molar-refractivity contribution is 5.78. The number of aryl methyl sites for hydroxylation is 1. The Hall–Kier alpha value is -2.11. The van der Waals surface area contributed by atoms with Crippen LogP contribution in [0.4, 0.5) is 5.82 Å². The van der Waals surface area contributed by atoms with Crippen molar-refractivity contribution in [1.29, 1.82) is 0 Å². The molecular weight excluding hydrogens is 306 g/mol. The van der Waals surface area contributed by atoms with Crippen molar-refractivity contribution in [2.45, 2.75) is 44.9 Å². The highest BCUT2D eigenvalue weighted by atomic mass is 16.4. The Morgan fingerprint density at radius 2 is 2.08 bits per heavy atom. The molecule has 6 nitrogen and oxygen atoms in total. The van der Waals surface area contributed by atoms with Gasteiger partial charge in [0.05, 0.1) is 12.1 Å². The van der Waals surface area contributed by atoms with Crippen molar-refractivity contribution >= 4 is 17.7 Å². The number of rotatable bonds is 5.